The second-order valence-corrected chi connectivity index (χ2v) is 6.71. The van der Waals surface area contributed by atoms with Gasteiger partial charge in [-0.3, -0.25) is 9.59 Å². The predicted molar refractivity (Wildman–Crippen MR) is 94.0 cm³/mol. The van der Waals surface area contributed by atoms with Crippen LogP contribution in [0.4, 0.5) is 11.4 Å². The first-order valence-electron chi connectivity index (χ1n) is 8.47. The summed E-state index contributed by atoms with van der Waals surface area (Å²) in [6.45, 7) is 0. The Kier molecular flexibility index (Phi) is 3.60. The van der Waals surface area contributed by atoms with E-state index in [9.17, 15) is 9.59 Å². The van der Waals surface area contributed by atoms with Gasteiger partial charge in [0.15, 0.2) is 0 Å². The van der Waals surface area contributed by atoms with E-state index in [1.54, 1.807) is 0 Å². The number of carbonyl (C=O) groups excluding carboxylic acids is 2. The highest BCUT2D eigenvalue weighted by molar-refractivity contribution is 6.07. The van der Waals surface area contributed by atoms with Crippen LogP contribution in [0.15, 0.2) is 48.5 Å². The molecule has 0 radical (unpaired) electrons. The minimum Gasteiger partial charge on any atom is -0.326 e. The van der Waals surface area contributed by atoms with Crippen LogP contribution < -0.4 is 10.6 Å². The van der Waals surface area contributed by atoms with Crippen molar-refractivity contribution in [3.63, 3.8) is 0 Å². The van der Waals surface area contributed by atoms with Gasteiger partial charge in [0, 0.05) is 11.4 Å². The summed E-state index contributed by atoms with van der Waals surface area (Å²) in [5.41, 5.74) is 3.30. The average Bonchev–Trinajstić information content (AvgIpc) is 3.17. The summed E-state index contributed by atoms with van der Waals surface area (Å²) in [6.07, 6.45) is 4.30. The molecule has 4 rings (SSSR count). The minimum atomic E-state index is -0.379. The van der Waals surface area contributed by atoms with Crippen molar-refractivity contribution in [1.82, 2.24) is 0 Å². The van der Waals surface area contributed by atoms with E-state index in [4.69, 9.17) is 0 Å². The van der Waals surface area contributed by atoms with Crippen molar-refractivity contribution in [1.29, 1.82) is 0 Å². The predicted octanol–water partition coefficient (Wildman–Crippen LogP) is 3.63. The summed E-state index contributed by atoms with van der Waals surface area (Å²) in [6, 6.07) is 15.4. The third kappa shape index (κ3) is 2.48. The molecule has 2 amide bonds. The van der Waals surface area contributed by atoms with E-state index in [2.05, 4.69) is 10.6 Å². The van der Waals surface area contributed by atoms with E-state index in [0.29, 0.717) is 6.42 Å². The van der Waals surface area contributed by atoms with Crippen LogP contribution in [0.3, 0.4) is 0 Å². The molecule has 1 saturated carbocycles. The number of hydrogen-bond acceptors (Lipinski definition) is 2. The van der Waals surface area contributed by atoms with Gasteiger partial charge in [0.2, 0.25) is 11.8 Å². The number of benzene rings is 2. The van der Waals surface area contributed by atoms with Crippen molar-refractivity contribution in [2.45, 2.75) is 37.5 Å². The van der Waals surface area contributed by atoms with Crippen molar-refractivity contribution in [2.75, 3.05) is 10.6 Å². The van der Waals surface area contributed by atoms with Crippen molar-refractivity contribution in [3.8, 4) is 0 Å². The molecule has 2 aromatic carbocycles. The van der Waals surface area contributed by atoms with Crippen LogP contribution in [0.5, 0.6) is 0 Å². The summed E-state index contributed by atoms with van der Waals surface area (Å²) < 4.78 is 0. The summed E-state index contributed by atoms with van der Waals surface area (Å²) in [7, 11) is 0. The Labute approximate surface area is 141 Å². The number of anilines is 2. The van der Waals surface area contributed by atoms with Gasteiger partial charge in [-0.05, 0) is 42.2 Å². The molecule has 0 saturated heterocycles. The van der Waals surface area contributed by atoms with Gasteiger partial charge in [-0.15, -0.1) is 0 Å². The Hall–Kier alpha value is -2.62. The van der Waals surface area contributed by atoms with E-state index >= 15 is 0 Å². The number of hydrogen-bond donors (Lipinski definition) is 2. The molecule has 4 nitrogen and oxygen atoms in total. The van der Waals surface area contributed by atoms with E-state index in [0.717, 1.165) is 48.2 Å². The van der Waals surface area contributed by atoms with Gasteiger partial charge < -0.3 is 10.6 Å². The minimum absolute atomic E-state index is 0.0427. The molecule has 1 spiro atoms. The largest absolute Gasteiger partial charge is 0.326 e. The topological polar surface area (TPSA) is 58.2 Å². The highest BCUT2D eigenvalue weighted by atomic mass is 16.2. The number of rotatable bonds is 3. The lowest BCUT2D eigenvalue weighted by Gasteiger charge is -2.21. The fraction of sp³-hybridized carbons (Fsp3) is 0.300. The summed E-state index contributed by atoms with van der Waals surface area (Å²) in [4.78, 5) is 24.7. The lowest BCUT2D eigenvalue weighted by molar-refractivity contribution is -0.120. The highest BCUT2D eigenvalue weighted by Crippen LogP contribution is 2.49. The standard InChI is InChI=1S/C20H20N2O2/c23-18(12-14-6-2-1-3-7-14)21-15-8-9-17-16(13-15)20(19(24)22-17)10-4-5-11-20/h1-3,6-9,13H,4-5,10-12H2,(H,21,23)(H,22,24). The SMILES string of the molecule is O=C(Cc1ccccc1)Nc1ccc2c(c1)C1(CCCC1)C(=O)N2. The maximum Gasteiger partial charge on any atom is 0.235 e. The van der Waals surface area contributed by atoms with E-state index in [1.807, 2.05) is 48.5 Å². The van der Waals surface area contributed by atoms with Crippen LogP contribution in [0.2, 0.25) is 0 Å². The van der Waals surface area contributed by atoms with Crippen LogP contribution in [-0.2, 0) is 21.4 Å². The van der Waals surface area contributed by atoms with Crippen molar-refractivity contribution >= 4 is 23.2 Å². The Morgan fingerprint density at radius 3 is 2.58 bits per heavy atom. The quantitative estimate of drug-likeness (QED) is 0.907. The first-order valence-corrected chi connectivity index (χ1v) is 8.47. The molecule has 1 heterocycles. The molecule has 1 aliphatic carbocycles. The normalized spacial score (nSPS) is 17.6. The summed E-state index contributed by atoms with van der Waals surface area (Å²) >= 11 is 0. The van der Waals surface area contributed by atoms with Gasteiger partial charge in [0.1, 0.15) is 0 Å². The Balaban J connectivity index is 1.55. The molecular weight excluding hydrogens is 300 g/mol. The molecule has 24 heavy (non-hydrogen) atoms. The maximum absolute atomic E-state index is 12.4. The third-order valence-electron chi connectivity index (χ3n) is 5.17. The van der Waals surface area contributed by atoms with Gasteiger partial charge in [-0.2, -0.15) is 0 Å². The molecular formula is C20H20N2O2. The lowest BCUT2D eigenvalue weighted by atomic mass is 9.80. The van der Waals surface area contributed by atoms with E-state index in [-0.39, 0.29) is 17.2 Å². The molecule has 0 aromatic heterocycles. The molecule has 2 aliphatic rings. The number of fused-ring (bicyclic) bond motifs is 2. The Morgan fingerprint density at radius 1 is 1.08 bits per heavy atom. The van der Waals surface area contributed by atoms with E-state index in [1.165, 1.54) is 0 Å². The van der Waals surface area contributed by atoms with Gasteiger partial charge in [-0.25, -0.2) is 0 Å². The van der Waals surface area contributed by atoms with Gasteiger partial charge in [0.05, 0.1) is 11.8 Å². The van der Waals surface area contributed by atoms with E-state index < -0.39 is 0 Å². The average molecular weight is 320 g/mol. The zero-order valence-corrected chi connectivity index (χ0v) is 13.5. The second-order valence-electron chi connectivity index (χ2n) is 6.71. The van der Waals surface area contributed by atoms with Gasteiger partial charge in [-0.1, -0.05) is 43.2 Å². The highest BCUT2D eigenvalue weighted by Gasteiger charge is 2.48. The molecule has 2 aromatic rings. The monoisotopic (exact) mass is 320 g/mol. The van der Waals surface area contributed by atoms with Crippen LogP contribution in [0, 0.1) is 0 Å². The fourth-order valence-corrected chi connectivity index (χ4v) is 3.95. The smallest absolute Gasteiger partial charge is 0.235 e. The zero-order chi connectivity index (χ0) is 16.6. The Bertz CT molecular complexity index is 793. The summed E-state index contributed by atoms with van der Waals surface area (Å²) in [5, 5.41) is 5.96. The van der Waals surface area contributed by atoms with Crippen molar-refractivity contribution in [3.05, 3.63) is 59.7 Å². The maximum atomic E-state index is 12.4. The lowest BCUT2D eigenvalue weighted by Crippen LogP contribution is -2.31. The molecule has 0 unspecified atom stereocenters. The van der Waals surface area contributed by atoms with Gasteiger partial charge >= 0.3 is 0 Å². The molecule has 0 bridgehead atoms. The molecule has 122 valence electrons. The zero-order valence-electron chi connectivity index (χ0n) is 13.5. The third-order valence-corrected chi connectivity index (χ3v) is 5.17. The second kappa shape index (κ2) is 5.78. The van der Waals surface area contributed by atoms with Gasteiger partial charge in [0.25, 0.3) is 0 Å². The van der Waals surface area contributed by atoms with Crippen molar-refractivity contribution < 1.29 is 9.59 Å². The fourth-order valence-electron chi connectivity index (χ4n) is 3.95. The van der Waals surface area contributed by atoms with Crippen molar-refractivity contribution in [2.24, 2.45) is 0 Å². The molecule has 0 atom stereocenters. The Morgan fingerprint density at radius 2 is 1.83 bits per heavy atom. The number of carbonyl (C=O) groups is 2. The first kappa shape index (κ1) is 14.9. The number of amides is 2. The van der Waals surface area contributed by atoms with Crippen LogP contribution in [0.1, 0.15) is 36.8 Å². The molecule has 1 fully saturated rings. The molecule has 2 N–H and O–H groups in total. The summed E-state index contributed by atoms with van der Waals surface area (Å²) in [5.74, 6) is 0.0710. The first-order chi connectivity index (χ1) is 11.7. The van der Waals surface area contributed by atoms with Crippen LogP contribution >= 0.6 is 0 Å². The van der Waals surface area contributed by atoms with Crippen LogP contribution in [0.25, 0.3) is 0 Å². The molecule has 4 heteroatoms. The molecule has 1 aliphatic heterocycles. The number of nitrogens with one attached hydrogen (secondary N) is 2. The van der Waals surface area contributed by atoms with Crippen LogP contribution in [-0.4, -0.2) is 11.8 Å².